The van der Waals surface area contributed by atoms with Crippen molar-refractivity contribution in [2.24, 2.45) is 4.99 Å². The van der Waals surface area contributed by atoms with Gasteiger partial charge in [0.25, 0.3) is 5.91 Å². The lowest BCUT2D eigenvalue weighted by Gasteiger charge is -2.36. The van der Waals surface area contributed by atoms with Crippen molar-refractivity contribution in [1.29, 1.82) is 0 Å². The number of piperazine rings is 1. The molecule has 3 aromatic rings. The third-order valence-electron chi connectivity index (χ3n) is 6.91. The van der Waals surface area contributed by atoms with E-state index >= 15 is 0 Å². The van der Waals surface area contributed by atoms with Gasteiger partial charge in [-0.3, -0.25) is 4.79 Å². The Hall–Kier alpha value is -4.13. The van der Waals surface area contributed by atoms with Crippen LogP contribution in [0.3, 0.4) is 0 Å². The number of anilines is 1. The van der Waals surface area contributed by atoms with E-state index < -0.39 is 41.6 Å². The lowest BCUT2D eigenvalue weighted by molar-refractivity contribution is -0.143. The maximum atomic E-state index is 13.5. The second-order valence-electron chi connectivity index (χ2n) is 9.68. The number of nitrogens with zero attached hydrogens (tertiary/aromatic N) is 3. The molecule has 0 spiro atoms. The minimum atomic E-state index is -5.00. The standard InChI is InChI=1S/C30H25F6N3O3S/c1-41-25-17-23(42-18-20-7-9-21(29(31,32)33)16-24(20)30(34,35)36)10-8-19(25)15-26-27(40)37-28(43-26)39-13-11-38(12-14-39)22-5-3-2-4-6-22/h2-10,15-17H,11-14,18H2,1H3. The monoisotopic (exact) mass is 621 g/mol. The van der Waals surface area contributed by atoms with Gasteiger partial charge in [-0.2, -0.15) is 31.3 Å². The van der Waals surface area contributed by atoms with Gasteiger partial charge in [-0.05, 0) is 54.2 Å². The average molecular weight is 622 g/mol. The fourth-order valence-corrected chi connectivity index (χ4v) is 5.63. The molecule has 3 aromatic carbocycles. The molecule has 1 amide bonds. The van der Waals surface area contributed by atoms with E-state index in [4.69, 9.17) is 9.47 Å². The zero-order chi connectivity index (χ0) is 30.8. The molecule has 43 heavy (non-hydrogen) atoms. The average Bonchev–Trinajstić information content (AvgIpc) is 3.35. The first kappa shape index (κ1) is 30.3. The summed E-state index contributed by atoms with van der Waals surface area (Å²) >= 11 is 1.25. The summed E-state index contributed by atoms with van der Waals surface area (Å²) in [4.78, 5) is 21.6. The highest BCUT2D eigenvalue weighted by Gasteiger charge is 2.38. The zero-order valence-electron chi connectivity index (χ0n) is 22.7. The zero-order valence-corrected chi connectivity index (χ0v) is 23.5. The maximum absolute atomic E-state index is 13.5. The van der Waals surface area contributed by atoms with Gasteiger partial charge >= 0.3 is 12.4 Å². The van der Waals surface area contributed by atoms with Crippen molar-refractivity contribution in [2.75, 3.05) is 38.2 Å². The molecule has 2 aliphatic heterocycles. The number of thioether (sulfide) groups is 1. The number of hydrogen-bond acceptors (Lipinski definition) is 6. The number of aliphatic imine (C=N–C) groups is 1. The van der Waals surface area contributed by atoms with Crippen molar-refractivity contribution >= 4 is 34.6 Å². The minimum absolute atomic E-state index is 0.0738. The van der Waals surface area contributed by atoms with E-state index in [9.17, 15) is 31.1 Å². The molecule has 0 aliphatic carbocycles. The van der Waals surface area contributed by atoms with Gasteiger partial charge in [-0.1, -0.05) is 24.3 Å². The fourth-order valence-electron chi connectivity index (χ4n) is 4.67. The number of benzene rings is 3. The van der Waals surface area contributed by atoms with Crippen molar-refractivity contribution in [1.82, 2.24) is 4.90 Å². The number of carbonyl (C=O) groups excluding carboxylic acids is 1. The van der Waals surface area contributed by atoms with Crippen LogP contribution >= 0.6 is 11.8 Å². The third-order valence-corrected chi connectivity index (χ3v) is 7.95. The van der Waals surface area contributed by atoms with Crippen LogP contribution in [-0.2, 0) is 23.8 Å². The Kier molecular flexibility index (Phi) is 8.63. The van der Waals surface area contributed by atoms with Gasteiger partial charge < -0.3 is 19.3 Å². The van der Waals surface area contributed by atoms with Gasteiger partial charge in [0.1, 0.15) is 18.1 Å². The van der Waals surface area contributed by atoms with Crippen molar-refractivity contribution in [3.63, 3.8) is 0 Å². The predicted molar refractivity (Wildman–Crippen MR) is 152 cm³/mol. The van der Waals surface area contributed by atoms with Crippen LogP contribution in [0.5, 0.6) is 11.5 Å². The van der Waals surface area contributed by atoms with Crippen LogP contribution in [0.15, 0.2) is 76.6 Å². The molecular formula is C30H25F6N3O3S. The summed E-state index contributed by atoms with van der Waals surface area (Å²) in [6, 6.07) is 15.9. The molecule has 0 N–H and O–H groups in total. The first-order chi connectivity index (χ1) is 20.4. The highest BCUT2D eigenvalue weighted by molar-refractivity contribution is 8.18. The lowest BCUT2D eigenvalue weighted by Crippen LogP contribution is -2.47. The van der Waals surface area contributed by atoms with E-state index in [0.717, 1.165) is 24.8 Å². The summed E-state index contributed by atoms with van der Waals surface area (Å²) in [6.45, 7) is 2.34. The summed E-state index contributed by atoms with van der Waals surface area (Å²) in [7, 11) is 1.39. The number of para-hydroxylation sites is 1. The second kappa shape index (κ2) is 12.2. The first-order valence-electron chi connectivity index (χ1n) is 13.1. The summed E-state index contributed by atoms with van der Waals surface area (Å²) in [5.74, 6) is 0.0206. The largest absolute Gasteiger partial charge is 0.496 e. The van der Waals surface area contributed by atoms with E-state index in [0.29, 0.717) is 34.8 Å². The Bertz CT molecular complexity index is 1550. The predicted octanol–water partition coefficient (Wildman–Crippen LogP) is 7.10. The molecular weight excluding hydrogens is 596 g/mol. The normalized spacial score (nSPS) is 17.0. The number of amides is 1. The number of halogens is 6. The minimum Gasteiger partial charge on any atom is -0.496 e. The quantitative estimate of drug-likeness (QED) is 0.216. The number of amidine groups is 1. The number of methoxy groups -OCH3 is 1. The van der Waals surface area contributed by atoms with Crippen molar-refractivity contribution in [3.05, 3.63) is 93.9 Å². The smallest absolute Gasteiger partial charge is 0.416 e. The molecule has 0 radical (unpaired) electrons. The van der Waals surface area contributed by atoms with E-state index in [-0.39, 0.29) is 17.6 Å². The Morgan fingerprint density at radius 2 is 1.58 bits per heavy atom. The second-order valence-corrected chi connectivity index (χ2v) is 10.7. The maximum Gasteiger partial charge on any atom is 0.416 e. The van der Waals surface area contributed by atoms with Gasteiger partial charge in [-0.15, -0.1) is 0 Å². The molecule has 0 aromatic heterocycles. The molecule has 6 nitrogen and oxygen atoms in total. The Morgan fingerprint density at radius 3 is 2.23 bits per heavy atom. The highest BCUT2D eigenvalue weighted by atomic mass is 32.2. The molecule has 0 bridgehead atoms. The van der Waals surface area contributed by atoms with Crippen molar-refractivity contribution < 1.29 is 40.6 Å². The number of hydrogen-bond donors (Lipinski definition) is 0. The van der Waals surface area contributed by atoms with Crippen LogP contribution in [0.2, 0.25) is 0 Å². The van der Waals surface area contributed by atoms with Crippen molar-refractivity contribution in [2.45, 2.75) is 19.0 Å². The highest BCUT2D eigenvalue weighted by Crippen LogP contribution is 2.38. The molecule has 2 heterocycles. The topological polar surface area (TPSA) is 54.4 Å². The van der Waals surface area contributed by atoms with E-state index in [1.54, 1.807) is 12.1 Å². The SMILES string of the molecule is COc1cc(OCc2ccc(C(F)(F)F)cc2C(F)(F)F)ccc1C=C1SC(N2CCN(c3ccccc3)CC2)=NC1=O. The van der Waals surface area contributed by atoms with Gasteiger partial charge in [0, 0.05) is 49.1 Å². The summed E-state index contributed by atoms with van der Waals surface area (Å²) in [5, 5.41) is 0.611. The van der Waals surface area contributed by atoms with Gasteiger partial charge in [0.15, 0.2) is 5.17 Å². The van der Waals surface area contributed by atoms with Crippen LogP contribution in [0, 0.1) is 0 Å². The van der Waals surface area contributed by atoms with Crippen LogP contribution in [-0.4, -0.2) is 49.3 Å². The molecule has 226 valence electrons. The van der Waals surface area contributed by atoms with Crippen LogP contribution in [0.25, 0.3) is 6.08 Å². The summed E-state index contributed by atoms with van der Waals surface area (Å²) in [5.41, 5.74) is -1.62. The Balaban J connectivity index is 1.25. The van der Waals surface area contributed by atoms with E-state index in [2.05, 4.69) is 26.9 Å². The molecule has 5 rings (SSSR count). The summed E-state index contributed by atoms with van der Waals surface area (Å²) in [6.07, 6.45) is -8.31. The Labute approximate surface area is 247 Å². The number of alkyl halides is 6. The molecule has 1 saturated heterocycles. The van der Waals surface area contributed by atoms with Crippen molar-refractivity contribution in [3.8, 4) is 11.5 Å². The summed E-state index contributed by atoms with van der Waals surface area (Å²) < 4.78 is 90.2. The Morgan fingerprint density at radius 1 is 0.884 bits per heavy atom. The van der Waals surface area contributed by atoms with E-state index in [1.807, 2.05) is 18.2 Å². The number of carbonyl (C=O) groups is 1. The molecule has 0 unspecified atom stereocenters. The molecule has 0 saturated carbocycles. The molecule has 13 heteroatoms. The van der Waals surface area contributed by atoms with Gasteiger partial charge in [0.05, 0.1) is 23.1 Å². The van der Waals surface area contributed by atoms with Crippen LogP contribution < -0.4 is 14.4 Å². The molecule has 1 fully saturated rings. The van der Waals surface area contributed by atoms with Gasteiger partial charge in [-0.25, -0.2) is 0 Å². The number of rotatable bonds is 6. The third kappa shape index (κ3) is 7.10. The first-order valence-corrected chi connectivity index (χ1v) is 13.9. The van der Waals surface area contributed by atoms with E-state index in [1.165, 1.54) is 31.0 Å². The molecule has 2 aliphatic rings. The fraction of sp³-hybridized carbons (Fsp3) is 0.267. The van der Waals surface area contributed by atoms with Crippen LogP contribution in [0.4, 0.5) is 32.0 Å². The molecule has 0 atom stereocenters. The lowest BCUT2D eigenvalue weighted by atomic mass is 10.0. The van der Waals surface area contributed by atoms with Gasteiger partial charge in [0.2, 0.25) is 0 Å². The van der Waals surface area contributed by atoms with Crippen LogP contribution in [0.1, 0.15) is 22.3 Å². The number of ether oxygens (including phenoxy) is 2.